The molecule has 0 fully saturated rings. The van der Waals surface area contributed by atoms with Gasteiger partial charge >= 0.3 is 0 Å². The molecule has 3 rings (SSSR count). The molecule has 1 heterocycles. The van der Waals surface area contributed by atoms with Gasteiger partial charge in [0, 0.05) is 29.3 Å². The van der Waals surface area contributed by atoms with Gasteiger partial charge in [-0.25, -0.2) is 0 Å². The zero-order valence-corrected chi connectivity index (χ0v) is 13.2. The molecule has 110 valence electrons. The van der Waals surface area contributed by atoms with E-state index in [1.54, 1.807) is 6.20 Å². The maximum Gasteiger partial charge on any atom is 0.227 e. The second-order valence-corrected chi connectivity index (χ2v) is 6.23. The summed E-state index contributed by atoms with van der Waals surface area (Å²) in [6.45, 7) is 3.47. The highest BCUT2D eigenvalue weighted by Gasteiger charge is 2.26. The number of nitrogens with zero attached hydrogens (tertiary/aromatic N) is 1. The molecule has 0 bridgehead atoms. The van der Waals surface area contributed by atoms with Gasteiger partial charge in [0.25, 0.3) is 0 Å². The highest BCUT2D eigenvalue weighted by atomic mass is 32.2. The van der Waals surface area contributed by atoms with E-state index in [4.69, 9.17) is 0 Å². The van der Waals surface area contributed by atoms with Crippen LogP contribution in [0.4, 0.5) is 5.69 Å². The van der Waals surface area contributed by atoms with Crippen molar-refractivity contribution < 1.29 is 9.59 Å². The Morgan fingerprint density at radius 1 is 1.14 bits per heavy atom. The summed E-state index contributed by atoms with van der Waals surface area (Å²) >= 11 is 1.41. The van der Waals surface area contributed by atoms with Crippen molar-refractivity contribution in [3.05, 3.63) is 70.8 Å². The summed E-state index contributed by atoms with van der Waals surface area (Å²) in [7, 11) is 0. The van der Waals surface area contributed by atoms with Gasteiger partial charge in [0.1, 0.15) is 0 Å². The lowest BCUT2D eigenvalue weighted by Gasteiger charge is -2.17. The molecular weight excluding hydrogens is 294 g/mol. The van der Waals surface area contributed by atoms with Crippen LogP contribution in [0, 0.1) is 6.92 Å². The molecule has 22 heavy (non-hydrogen) atoms. The number of fused-ring (bicyclic) bond motifs is 1. The van der Waals surface area contributed by atoms with Crippen molar-refractivity contribution in [2.24, 2.45) is 0 Å². The van der Waals surface area contributed by atoms with Crippen molar-refractivity contribution in [2.45, 2.75) is 18.7 Å². The van der Waals surface area contributed by atoms with E-state index in [9.17, 15) is 9.59 Å². The maximum absolute atomic E-state index is 12.4. The number of rotatable bonds is 2. The molecule has 0 saturated heterocycles. The molecule has 0 unspecified atom stereocenters. The zero-order chi connectivity index (χ0) is 15.7. The Morgan fingerprint density at radius 3 is 2.59 bits per heavy atom. The number of thioether (sulfide) groups is 1. The number of hydrogen-bond acceptors (Lipinski definition) is 3. The second-order valence-electron chi connectivity index (χ2n) is 5.15. The van der Waals surface area contributed by atoms with Crippen LogP contribution < -0.4 is 4.90 Å². The number of hydrogen-bond donors (Lipinski definition) is 0. The summed E-state index contributed by atoms with van der Waals surface area (Å²) < 4.78 is 0. The van der Waals surface area contributed by atoms with E-state index in [0.717, 1.165) is 16.1 Å². The van der Waals surface area contributed by atoms with E-state index < -0.39 is 0 Å². The first kappa shape index (κ1) is 14.6. The van der Waals surface area contributed by atoms with Gasteiger partial charge in [-0.15, -0.1) is 0 Å². The van der Waals surface area contributed by atoms with Crippen molar-refractivity contribution in [3.63, 3.8) is 0 Å². The van der Waals surface area contributed by atoms with Gasteiger partial charge in [0.15, 0.2) is 0 Å². The van der Waals surface area contributed by atoms with Crippen LogP contribution in [-0.2, 0) is 4.79 Å². The molecule has 0 N–H and O–H groups in total. The SMILES string of the molecule is CC(=O)N(C=C1Sc2ccccc2C1=O)c1cccc(C)c1. The third-order valence-electron chi connectivity index (χ3n) is 3.44. The minimum Gasteiger partial charge on any atom is -0.288 e. The van der Waals surface area contributed by atoms with Gasteiger partial charge in [0.05, 0.1) is 4.91 Å². The number of amides is 1. The first-order chi connectivity index (χ1) is 10.6. The van der Waals surface area contributed by atoms with Crippen LogP contribution in [0.15, 0.2) is 64.5 Å². The fourth-order valence-corrected chi connectivity index (χ4v) is 3.38. The Kier molecular flexibility index (Phi) is 3.86. The monoisotopic (exact) mass is 309 g/mol. The summed E-state index contributed by atoms with van der Waals surface area (Å²) in [6.07, 6.45) is 1.64. The Morgan fingerprint density at radius 2 is 1.91 bits per heavy atom. The summed E-state index contributed by atoms with van der Waals surface area (Å²) in [5, 5.41) is 0. The van der Waals surface area contributed by atoms with Crippen molar-refractivity contribution in [1.29, 1.82) is 0 Å². The third kappa shape index (κ3) is 2.70. The van der Waals surface area contributed by atoms with Crippen molar-refractivity contribution in [1.82, 2.24) is 0 Å². The van der Waals surface area contributed by atoms with E-state index >= 15 is 0 Å². The van der Waals surface area contributed by atoms with Crippen LogP contribution >= 0.6 is 11.8 Å². The maximum atomic E-state index is 12.4. The molecule has 1 amide bonds. The number of benzene rings is 2. The van der Waals surface area contributed by atoms with Crippen LogP contribution in [0.25, 0.3) is 0 Å². The van der Waals surface area contributed by atoms with Crippen LogP contribution in [0.5, 0.6) is 0 Å². The number of ketones is 1. The van der Waals surface area contributed by atoms with Gasteiger partial charge in [-0.1, -0.05) is 36.0 Å². The fourth-order valence-electron chi connectivity index (χ4n) is 2.37. The van der Waals surface area contributed by atoms with Gasteiger partial charge in [0.2, 0.25) is 11.7 Å². The highest BCUT2D eigenvalue weighted by molar-refractivity contribution is 8.04. The average Bonchev–Trinajstić information content (AvgIpc) is 2.81. The van der Waals surface area contributed by atoms with E-state index in [1.165, 1.54) is 23.6 Å². The first-order valence-electron chi connectivity index (χ1n) is 6.96. The molecule has 1 aliphatic heterocycles. The number of anilines is 1. The van der Waals surface area contributed by atoms with Crippen LogP contribution in [0.1, 0.15) is 22.8 Å². The third-order valence-corrected chi connectivity index (χ3v) is 4.53. The van der Waals surface area contributed by atoms with Crippen molar-refractivity contribution in [2.75, 3.05) is 4.90 Å². The molecule has 0 aliphatic carbocycles. The second kappa shape index (κ2) is 5.81. The predicted octanol–water partition coefficient (Wildman–Crippen LogP) is 4.18. The highest BCUT2D eigenvalue weighted by Crippen LogP contribution is 2.40. The standard InChI is InChI=1S/C18H15NO2S/c1-12-6-5-7-14(10-12)19(13(2)20)11-17-18(21)15-8-3-4-9-16(15)22-17/h3-11H,1-2H3. The lowest BCUT2D eigenvalue weighted by Crippen LogP contribution is -2.23. The number of allylic oxidation sites excluding steroid dienone is 1. The molecule has 0 atom stereocenters. The molecule has 0 aromatic heterocycles. The van der Waals surface area contributed by atoms with Gasteiger partial charge in [-0.3, -0.25) is 14.5 Å². The molecule has 2 aromatic rings. The lowest BCUT2D eigenvalue weighted by atomic mass is 10.1. The molecular formula is C18H15NO2S. The van der Waals surface area contributed by atoms with Gasteiger partial charge in [-0.2, -0.15) is 0 Å². The Labute approximate surface area is 133 Å². The minimum absolute atomic E-state index is 0.0282. The fraction of sp³-hybridized carbons (Fsp3) is 0.111. The van der Waals surface area contributed by atoms with Gasteiger partial charge in [-0.05, 0) is 36.8 Å². The summed E-state index contributed by atoms with van der Waals surface area (Å²) in [5.74, 6) is -0.151. The zero-order valence-electron chi connectivity index (χ0n) is 12.4. The van der Waals surface area contributed by atoms with E-state index in [1.807, 2.05) is 55.5 Å². The van der Waals surface area contributed by atoms with E-state index in [-0.39, 0.29) is 11.7 Å². The predicted molar refractivity (Wildman–Crippen MR) is 89.1 cm³/mol. The lowest BCUT2D eigenvalue weighted by molar-refractivity contribution is -0.116. The molecule has 1 aliphatic rings. The summed E-state index contributed by atoms with van der Waals surface area (Å²) in [6, 6.07) is 15.2. The average molecular weight is 309 g/mol. The van der Waals surface area contributed by atoms with Crippen LogP contribution in [-0.4, -0.2) is 11.7 Å². The first-order valence-corrected chi connectivity index (χ1v) is 7.78. The minimum atomic E-state index is -0.123. The van der Waals surface area contributed by atoms with E-state index in [0.29, 0.717) is 10.5 Å². The number of aryl methyl sites for hydroxylation is 1. The molecule has 4 heteroatoms. The normalized spacial score (nSPS) is 15.0. The Balaban J connectivity index is 1.99. The Bertz CT molecular complexity index is 795. The molecule has 0 radical (unpaired) electrons. The molecule has 2 aromatic carbocycles. The molecule has 0 saturated carbocycles. The summed E-state index contributed by atoms with van der Waals surface area (Å²) in [5.41, 5.74) is 2.53. The molecule has 0 spiro atoms. The topological polar surface area (TPSA) is 37.4 Å². The number of carbonyl (C=O) groups is 2. The van der Waals surface area contributed by atoms with Crippen molar-refractivity contribution >= 4 is 29.1 Å². The Hall–Kier alpha value is -2.33. The largest absolute Gasteiger partial charge is 0.288 e. The smallest absolute Gasteiger partial charge is 0.227 e. The van der Waals surface area contributed by atoms with E-state index in [2.05, 4.69) is 0 Å². The van der Waals surface area contributed by atoms with Gasteiger partial charge < -0.3 is 0 Å². The summed E-state index contributed by atoms with van der Waals surface area (Å²) in [4.78, 5) is 27.4. The quantitative estimate of drug-likeness (QED) is 0.781. The van der Waals surface area contributed by atoms with Crippen LogP contribution in [0.3, 0.4) is 0 Å². The molecule has 3 nitrogen and oxygen atoms in total. The van der Waals surface area contributed by atoms with Crippen molar-refractivity contribution in [3.8, 4) is 0 Å². The number of carbonyl (C=O) groups excluding carboxylic acids is 2. The van der Waals surface area contributed by atoms with Crippen LogP contribution in [0.2, 0.25) is 0 Å². The number of Topliss-reactive ketones (excluding diaryl/α,β-unsaturated/α-hetero) is 1.